The minimum absolute atomic E-state index is 0.223. The lowest BCUT2D eigenvalue weighted by Crippen LogP contribution is -2.37. The van der Waals surface area contributed by atoms with Crippen LogP contribution in [0.25, 0.3) is 0 Å². The second-order valence-corrected chi connectivity index (χ2v) is 7.10. The van der Waals surface area contributed by atoms with E-state index in [1.807, 2.05) is 37.3 Å². The molecule has 0 fully saturated rings. The second-order valence-electron chi connectivity index (χ2n) is 7.10. The Hall–Kier alpha value is -4.01. The van der Waals surface area contributed by atoms with Gasteiger partial charge in [0.25, 0.3) is 5.56 Å². The first-order valence-corrected chi connectivity index (χ1v) is 10.2. The zero-order valence-corrected chi connectivity index (χ0v) is 18.4. The van der Waals surface area contributed by atoms with E-state index in [1.165, 1.54) is 10.6 Å². The maximum Gasteiger partial charge on any atom is 0.257 e. The molecule has 0 bridgehead atoms. The molecule has 2 aromatic carbocycles. The van der Waals surface area contributed by atoms with E-state index in [2.05, 4.69) is 15.6 Å². The lowest BCUT2D eigenvalue weighted by molar-refractivity contribution is 0.340. The Morgan fingerprint density at radius 3 is 2.50 bits per heavy atom. The summed E-state index contributed by atoms with van der Waals surface area (Å²) >= 11 is 0. The van der Waals surface area contributed by atoms with E-state index in [0.717, 1.165) is 11.4 Å². The van der Waals surface area contributed by atoms with E-state index in [9.17, 15) is 4.79 Å². The number of ether oxygens (including phenoxy) is 3. The number of hydrogen-bond donors (Lipinski definition) is 2. The summed E-state index contributed by atoms with van der Waals surface area (Å²) in [5.74, 6) is 2.82. The summed E-state index contributed by atoms with van der Waals surface area (Å²) in [6, 6.07) is 14.4. The predicted molar refractivity (Wildman–Crippen MR) is 123 cm³/mol. The summed E-state index contributed by atoms with van der Waals surface area (Å²) in [4.78, 5) is 22.2. The van der Waals surface area contributed by atoms with Gasteiger partial charge in [0.2, 0.25) is 11.9 Å². The summed E-state index contributed by atoms with van der Waals surface area (Å²) < 4.78 is 17.9. The van der Waals surface area contributed by atoms with Gasteiger partial charge < -0.3 is 19.5 Å². The molecule has 0 radical (unpaired) electrons. The topological polar surface area (TPSA) is 99.0 Å². The molecule has 166 valence electrons. The Balaban J connectivity index is 1.78. The fraction of sp³-hybridized carbons (Fsp3) is 0.261. The van der Waals surface area contributed by atoms with Gasteiger partial charge in [0.05, 0.1) is 20.8 Å². The molecule has 2 N–H and O–H groups in total. The molecule has 0 saturated heterocycles. The van der Waals surface area contributed by atoms with Gasteiger partial charge in [-0.05, 0) is 56.3 Å². The molecule has 1 aliphatic rings. The van der Waals surface area contributed by atoms with Gasteiger partial charge in [0, 0.05) is 23.0 Å². The van der Waals surface area contributed by atoms with Crippen molar-refractivity contribution < 1.29 is 14.2 Å². The maximum absolute atomic E-state index is 12.9. The molecule has 0 aliphatic carbocycles. The molecular formula is C23H25N5O4. The summed E-state index contributed by atoms with van der Waals surface area (Å²) in [6.45, 7) is 4.31. The van der Waals surface area contributed by atoms with Crippen LogP contribution in [-0.2, 0) is 0 Å². The molecule has 2 heterocycles. The van der Waals surface area contributed by atoms with E-state index < -0.39 is 6.17 Å². The van der Waals surface area contributed by atoms with Gasteiger partial charge in [-0.3, -0.25) is 14.7 Å². The van der Waals surface area contributed by atoms with Crippen LogP contribution in [0.15, 0.2) is 58.3 Å². The van der Waals surface area contributed by atoms with Gasteiger partial charge in [0.15, 0.2) is 6.17 Å². The number of fused-ring (bicyclic) bond motifs is 1. The number of benzene rings is 2. The quantitative estimate of drug-likeness (QED) is 0.612. The number of guanidine groups is 1. The molecule has 1 aliphatic heterocycles. The Kier molecular flexibility index (Phi) is 5.98. The fourth-order valence-corrected chi connectivity index (χ4v) is 3.50. The van der Waals surface area contributed by atoms with Crippen molar-refractivity contribution in [3.63, 3.8) is 0 Å². The van der Waals surface area contributed by atoms with E-state index in [1.54, 1.807) is 33.3 Å². The van der Waals surface area contributed by atoms with Crippen molar-refractivity contribution in [1.82, 2.24) is 9.55 Å². The van der Waals surface area contributed by atoms with Gasteiger partial charge in [-0.25, -0.2) is 9.98 Å². The second kappa shape index (κ2) is 9.01. The van der Waals surface area contributed by atoms with Gasteiger partial charge in [-0.1, -0.05) is 0 Å². The van der Waals surface area contributed by atoms with Crippen molar-refractivity contribution in [2.75, 3.05) is 31.5 Å². The molecule has 0 amide bonds. The number of rotatable bonds is 6. The Bertz CT molecular complexity index is 1200. The van der Waals surface area contributed by atoms with Crippen molar-refractivity contribution in [3.8, 4) is 17.2 Å². The third-order valence-electron chi connectivity index (χ3n) is 4.95. The molecule has 9 nitrogen and oxygen atoms in total. The largest absolute Gasteiger partial charge is 0.497 e. The minimum atomic E-state index is -0.706. The van der Waals surface area contributed by atoms with Gasteiger partial charge in [-0.2, -0.15) is 0 Å². The number of anilines is 2. The first-order valence-electron chi connectivity index (χ1n) is 10.2. The molecule has 32 heavy (non-hydrogen) atoms. The molecule has 1 atom stereocenters. The third kappa shape index (κ3) is 4.22. The first kappa shape index (κ1) is 21.2. The lowest BCUT2D eigenvalue weighted by Gasteiger charge is -2.28. The van der Waals surface area contributed by atoms with Crippen LogP contribution in [0.2, 0.25) is 0 Å². The third-order valence-corrected chi connectivity index (χ3v) is 4.95. The van der Waals surface area contributed by atoms with Crippen LogP contribution in [0.4, 0.5) is 11.6 Å². The number of hydrogen-bond acceptors (Lipinski definition) is 8. The van der Waals surface area contributed by atoms with Crippen LogP contribution in [0.1, 0.15) is 24.3 Å². The minimum Gasteiger partial charge on any atom is -0.497 e. The van der Waals surface area contributed by atoms with E-state index in [0.29, 0.717) is 41.3 Å². The SMILES string of the molecule is CCOc1ccc(NC2=N[C@@H](c3cc(OC)ccc3OC)n3c(nc(C)cc3=O)N2)cc1. The average molecular weight is 435 g/mol. The standard InChI is InChI=1S/C23H25N5O4/c1-5-32-16-8-6-15(7-9-16)25-22-26-21(18-13-17(30-3)10-11-19(18)31-4)28-20(29)12-14(2)24-23(28)27-22/h6-13,21H,5H2,1-4H3,(H2,24,25,26,27)/t21-/m1/s1. The van der Waals surface area contributed by atoms with Crippen molar-refractivity contribution >= 4 is 17.6 Å². The Morgan fingerprint density at radius 2 is 1.81 bits per heavy atom. The smallest absolute Gasteiger partial charge is 0.257 e. The molecule has 3 aromatic rings. The van der Waals surface area contributed by atoms with Crippen LogP contribution in [0.3, 0.4) is 0 Å². The predicted octanol–water partition coefficient (Wildman–Crippen LogP) is 3.41. The van der Waals surface area contributed by atoms with Crippen molar-refractivity contribution in [1.29, 1.82) is 0 Å². The Morgan fingerprint density at radius 1 is 1.06 bits per heavy atom. The number of nitrogens with one attached hydrogen (secondary N) is 2. The number of nitrogens with zero attached hydrogens (tertiary/aromatic N) is 3. The van der Waals surface area contributed by atoms with Gasteiger partial charge in [0.1, 0.15) is 17.2 Å². The van der Waals surface area contributed by atoms with Crippen LogP contribution >= 0.6 is 0 Å². The van der Waals surface area contributed by atoms with E-state index >= 15 is 0 Å². The molecule has 0 spiro atoms. The fourth-order valence-electron chi connectivity index (χ4n) is 3.50. The zero-order valence-electron chi connectivity index (χ0n) is 18.4. The van der Waals surface area contributed by atoms with Gasteiger partial charge in [-0.15, -0.1) is 0 Å². The average Bonchev–Trinajstić information content (AvgIpc) is 2.79. The highest BCUT2D eigenvalue weighted by molar-refractivity contribution is 6.03. The van der Waals surface area contributed by atoms with Gasteiger partial charge >= 0.3 is 0 Å². The molecular weight excluding hydrogens is 410 g/mol. The first-order chi connectivity index (χ1) is 15.5. The van der Waals surface area contributed by atoms with Crippen LogP contribution < -0.4 is 30.4 Å². The van der Waals surface area contributed by atoms with Crippen LogP contribution in [-0.4, -0.2) is 36.3 Å². The normalized spacial score (nSPS) is 14.6. The highest BCUT2D eigenvalue weighted by atomic mass is 16.5. The lowest BCUT2D eigenvalue weighted by atomic mass is 10.1. The monoisotopic (exact) mass is 435 g/mol. The summed E-state index contributed by atoms with van der Waals surface area (Å²) in [7, 11) is 3.16. The number of methoxy groups -OCH3 is 2. The summed E-state index contributed by atoms with van der Waals surface area (Å²) in [6.07, 6.45) is -0.706. The molecule has 4 rings (SSSR count). The Labute approximate surface area is 185 Å². The highest BCUT2D eigenvalue weighted by Gasteiger charge is 2.28. The van der Waals surface area contributed by atoms with Crippen molar-refractivity contribution in [3.05, 3.63) is 70.1 Å². The molecule has 9 heteroatoms. The van der Waals surface area contributed by atoms with E-state index in [-0.39, 0.29) is 5.56 Å². The molecule has 1 aromatic heterocycles. The van der Waals surface area contributed by atoms with Crippen molar-refractivity contribution in [2.24, 2.45) is 4.99 Å². The molecule has 0 saturated carbocycles. The summed E-state index contributed by atoms with van der Waals surface area (Å²) in [5, 5.41) is 6.37. The maximum atomic E-state index is 12.9. The molecule has 0 unspecified atom stereocenters. The van der Waals surface area contributed by atoms with Crippen LogP contribution in [0, 0.1) is 6.92 Å². The highest BCUT2D eigenvalue weighted by Crippen LogP contribution is 2.34. The summed E-state index contributed by atoms with van der Waals surface area (Å²) in [5.41, 5.74) is 1.86. The van der Waals surface area contributed by atoms with Crippen molar-refractivity contribution in [2.45, 2.75) is 20.0 Å². The van der Waals surface area contributed by atoms with Crippen LogP contribution in [0.5, 0.6) is 17.2 Å². The number of aliphatic imine (C=N–C) groups is 1. The number of aromatic nitrogens is 2. The number of aryl methyl sites for hydroxylation is 1. The zero-order chi connectivity index (χ0) is 22.7. The van der Waals surface area contributed by atoms with E-state index in [4.69, 9.17) is 19.2 Å².